The Morgan fingerprint density at radius 2 is 1.33 bits per heavy atom. The highest BCUT2D eigenvalue weighted by atomic mass is 32.1. The molecule has 0 aliphatic rings. The fourth-order valence-electron chi connectivity index (χ4n) is 3.36. The summed E-state index contributed by atoms with van der Waals surface area (Å²) < 4.78 is 0. The Morgan fingerprint density at radius 1 is 0.750 bits per heavy atom. The Labute approximate surface area is 148 Å². The predicted molar refractivity (Wildman–Crippen MR) is 103 cm³/mol. The van der Waals surface area contributed by atoms with Crippen molar-refractivity contribution in [2.24, 2.45) is 0 Å². The van der Waals surface area contributed by atoms with Crippen LogP contribution >= 0.6 is 11.3 Å². The van der Waals surface area contributed by atoms with Crippen molar-refractivity contribution < 1.29 is 5.11 Å². The molecule has 0 saturated heterocycles. The Morgan fingerprint density at radius 3 is 1.96 bits per heavy atom. The van der Waals surface area contributed by atoms with Crippen LogP contribution in [0.25, 0.3) is 0 Å². The molecule has 0 amide bonds. The molecule has 0 aliphatic carbocycles. The van der Waals surface area contributed by atoms with Gasteiger partial charge in [-0.05, 0) is 91.1 Å². The second-order valence-electron chi connectivity index (χ2n) is 6.74. The molecule has 2 aromatic carbocycles. The van der Waals surface area contributed by atoms with Gasteiger partial charge in [0.1, 0.15) is 5.75 Å². The van der Waals surface area contributed by atoms with Gasteiger partial charge in [0.2, 0.25) is 0 Å². The number of aryl methyl sites for hydroxylation is 5. The normalized spacial score (nSPS) is 12.4. The number of thiophene rings is 1. The van der Waals surface area contributed by atoms with Gasteiger partial charge in [-0.2, -0.15) is 0 Å². The second-order valence-corrected chi connectivity index (χ2v) is 7.72. The van der Waals surface area contributed by atoms with Crippen molar-refractivity contribution in [2.45, 2.75) is 40.5 Å². The molecule has 0 radical (unpaired) electrons. The Kier molecular flexibility index (Phi) is 4.51. The number of hydrogen-bond acceptors (Lipinski definition) is 2. The Bertz CT molecular complexity index is 818. The maximum absolute atomic E-state index is 10.0. The van der Waals surface area contributed by atoms with Crippen LogP contribution in [0.15, 0.2) is 41.8 Å². The van der Waals surface area contributed by atoms with Crippen LogP contribution in [0.2, 0.25) is 0 Å². The van der Waals surface area contributed by atoms with Crippen molar-refractivity contribution >= 4 is 11.3 Å². The van der Waals surface area contributed by atoms with Gasteiger partial charge in [-0.15, -0.1) is 11.3 Å². The van der Waals surface area contributed by atoms with E-state index in [0.29, 0.717) is 5.75 Å². The van der Waals surface area contributed by atoms with Crippen LogP contribution in [-0.2, 0) is 0 Å². The molecule has 0 fully saturated rings. The van der Waals surface area contributed by atoms with E-state index in [4.69, 9.17) is 0 Å². The lowest BCUT2D eigenvalue weighted by Crippen LogP contribution is -2.07. The first-order chi connectivity index (χ1) is 11.4. The summed E-state index contributed by atoms with van der Waals surface area (Å²) in [7, 11) is 0. The fraction of sp³-hybridized carbons (Fsp3) is 0.273. The topological polar surface area (TPSA) is 20.2 Å². The van der Waals surface area contributed by atoms with E-state index in [9.17, 15) is 5.11 Å². The van der Waals surface area contributed by atoms with Crippen molar-refractivity contribution in [3.63, 3.8) is 0 Å². The van der Waals surface area contributed by atoms with Crippen LogP contribution < -0.4 is 0 Å². The number of aromatic hydroxyl groups is 1. The molecule has 1 unspecified atom stereocenters. The summed E-state index contributed by atoms with van der Waals surface area (Å²) in [5, 5.41) is 12.2. The maximum atomic E-state index is 10.0. The van der Waals surface area contributed by atoms with E-state index in [1.807, 2.05) is 13.0 Å². The molecule has 24 heavy (non-hydrogen) atoms. The zero-order chi connectivity index (χ0) is 17.4. The van der Waals surface area contributed by atoms with Crippen molar-refractivity contribution in [3.05, 3.63) is 85.6 Å². The molecule has 1 heterocycles. The first-order valence-electron chi connectivity index (χ1n) is 8.29. The van der Waals surface area contributed by atoms with Crippen molar-refractivity contribution in [3.8, 4) is 5.75 Å². The van der Waals surface area contributed by atoms with Crippen LogP contribution in [0, 0.1) is 34.6 Å². The Hall–Kier alpha value is -2.06. The zero-order valence-electron chi connectivity index (χ0n) is 15.0. The van der Waals surface area contributed by atoms with E-state index < -0.39 is 0 Å². The van der Waals surface area contributed by atoms with Crippen LogP contribution in [0.1, 0.15) is 49.7 Å². The number of phenols is 1. The van der Waals surface area contributed by atoms with E-state index in [0.717, 1.165) is 11.1 Å². The van der Waals surface area contributed by atoms with Gasteiger partial charge in [0.05, 0.1) is 0 Å². The highest BCUT2D eigenvalue weighted by molar-refractivity contribution is 7.10. The molecular formula is C22H24OS. The molecule has 3 aromatic rings. The average Bonchev–Trinajstić information content (AvgIpc) is 3.04. The van der Waals surface area contributed by atoms with Gasteiger partial charge in [0.15, 0.2) is 0 Å². The van der Waals surface area contributed by atoms with Gasteiger partial charge in [0, 0.05) is 10.8 Å². The second kappa shape index (κ2) is 6.45. The lowest BCUT2D eigenvalue weighted by atomic mass is 9.83. The summed E-state index contributed by atoms with van der Waals surface area (Å²) in [6.45, 7) is 10.6. The lowest BCUT2D eigenvalue weighted by Gasteiger charge is -2.23. The molecule has 1 nitrogen and oxygen atoms in total. The summed E-state index contributed by atoms with van der Waals surface area (Å²) in [5.41, 5.74) is 8.67. The highest BCUT2D eigenvalue weighted by Gasteiger charge is 2.22. The fourth-order valence-corrected chi connectivity index (χ4v) is 4.22. The maximum Gasteiger partial charge on any atom is 0.118 e. The number of phenolic OH excluding ortho intramolecular Hbond substituents is 1. The molecular weight excluding hydrogens is 312 g/mol. The molecule has 0 saturated carbocycles. The summed E-state index contributed by atoms with van der Waals surface area (Å²) in [4.78, 5) is 1.34. The van der Waals surface area contributed by atoms with E-state index in [1.54, 1.807) is 11.3 Å². The lowest BCUT2D eigenvalue weighted by molar-refractivity contribution is 0.470. The first kappa shape index (κ1) is 16.8. The Balaban J connectivity index is 2.27. The largest absolute Gasteiger partial charge is 0.508 e. The summed E-state index contributed by atoms with van der Waals surface area (Å²) in [6, 6.07) is 13.0. The van der Waals surface area contributed by atoms with Crippen molar-refractivity contribution in [2.75, 3.05) is 0 Å². The van der Waals surface area contributed by atoms with E-state index in [-0.39, 0.29) is 5.92 Å². The third kappa shape index (κ3) is 2.99. The van der Waals surface area contributed by atoms with E-state index in [1.165, 1.54) is 32.7 Å². The number of hydrogen-bond donors (Lipinski definition) is 1. The molecule has 124 valence electrons. The SMILES string of the molecule is Cc1cc(C)c(C(c2cccs2)c2cc(C)c(O)cc2C)cc1C. The van der Waals surface area contributed by atoms with Gasteiger partial charge < -0.3 is 5.11 Å². The molecule has 3 rings (SSSR count). The van der Waals surface area contributed by atoms with Gasteiger partial charge in [0.25, 0.3) is 0 Å². The molecule has 0 bridgehead atoms. The molecule has 2 heteroatoms. The van der Waals surface area contributed by atoms with E-state index in [2.05, 4.69) is 63.4 Å². The standard InChI is InChI=1S/C22H24OS/c1-13-9-15(3)18(10-14(13)2)22(21-7-6-8-24-21)19-11-17(5)20(23)12-16(19)4/h6-12,22-23H,1-5H3. The third-order valence-corrected chi connectivity index (χ3v) is 5.85. The van der Waals surface area contributed by atoms with Gasteiger partial charge in [-0.3, -0.25) is 0 Å². The quantitative estimate of drug-likeness (QED) is 0.606. The predicted octanol–water partition coefficient (Wildman–Crippen LogP) is 6.18. The van der Waals surface area contributed by atoms with Crippen molar-refractivity contribution in [1.29, 1.82) is 0 Å². The first-order valence-corrected chi connectivity index (χ1v) is 9.17. The average molecular weight is 337 g/mol. The van der Waals surface area contributed by atoms with Crippen LogP contribution in [0.3, 0.4) is 0 Å². The van der Waals surface area contributed by atoms with Gasteiger partial charge in [-0.1, -0.05) is 24.3 Å². The molecule has 0 spiro atoms. The van der Waals surface area contributed by atoms with E-state index >= 15 is 0 Å². The summed E-state index contributed by atoms with van der Waals surface area (Å²) >= 11 is 1.80. The highest BCUT2D eigenvalue weighted by Crippen LogP contribution is 2.40. The summed E-state index contributed by atoms with van der Waals surface area (Å²) in [5.74, 6) is 0.585. The van der Waals surface area contributed by atoms with Crippen molar-refractivity contribution in [1.82, 2.24) is 0 Å². The molecule has 1 atom stereocenters. The minimum Gasteiger partial charge on any atom is -0.508 e. The monoisotopic (exact) mass is 336 g/mol. The third-order valence-electron chi connectivity index (χ3n) is 4.92. The minimum atomic E-state index is 0.212. The number of benzene rings is 2. The summed E-state index contributed by atoms with van der Waals surface area (Å²) in [6.07, 6.45) is 0. The minimum absolute atomic E-state index is 0.212. The molecule has 0 aliphatic heterocycles. The van der Waals surface area contributed by atoms with Crippen LogP contribution in [-0.4, -0.2) is 5.11 Å². The molecule has 1 aromatic heterocycles. The number of rotatable bonds is 3. The van der Waals surface area contributed by atoms with Crippen LogP contribution in [0.4, 0.5) is 0 Å². The van der Waals surface area contributed by atoms with Gasteiger partial charge >= 0.3 is 0 Å². The smallest absolute Gasteiger partial charge is 0.118 e. The zero-order valence-corrected chi connectivity index (χ0v) is 15.8. The molecule has 1 N–H and O–H groups in total. The van der Waals surface area contributed by atoms with Crippen LogP contribution in [0.5, 0.6) is 5.75 Å². The van der Waals surface area contributed by atoms with Gasteiger partial charge in [-0.25, -0.2) is 0 Å².